The van der Waals surface area contributed by atoms with Gasteiger partial charge in [0.05, 0.1) is 25.5 Å². The van der Waals surface area contributed by atoms with Crippen LogP contribution in [0.4, 0.5) is 17.2 Å². The number of hydrogen-bond donors (Lipinski definition) is 2. The van der Waals surface area contributed by atoms with Crippen LogP contribution in [-0.2, 0) is 4.74 Å². The molecule has 8 heteroatoms. The molecule has 3 aromatic rings. The van der Waals surface area contributed by atoms with E-state index in [9.17, 15) is 9.59 Å². The Morgan fingerprint density at radius 2 is 1.71 bits per heavy atom. The normalized spacial score (nSPS) is 10.1. The predicted molar refractivity (Wildman–Crippen MR) is 104 cm³/mol. The lowest BCUT2D eigenvalue weighted by atomic mass is 10.1. The molecular formula is C20H18N4O4. The number of benzene rings is 2. The third-order valence-electron chi connectivity index (χ3n) is 3.84. The fourth-order valence-electron chi connectivity index (χ4n) is 2.44. The predicted octanol–water partition coefficient (Wildman–Crippen LogP) is 3.27. The zero-order valence-corrected chi connectivity index (χ0v) is 15.3. The van der Waals surface area contributed by atoms with Gasteiger partial charge in [-0.15, -0.1) is 0 Å². The van der Waals surface area contributed by atoms with Gasteiger partial charge < -0.3 is 20.1 Å². The second-order valence-corrected chi connectivity index (χ2v) is 5.63. The van der Waals surface area contributed by atoms with Gasteiger partial charge in [0, 0.05) is 11.8 Å². The Kier molecular flexibility index (Phi) is 5.81. The molecule has 3 rings (SSSR count). The first kappa shape index (κ1) is 18.8. The molecule has 0 fully saturated rings. The van der Waals surface area contributed by atoms with Crippen molar-refractivity contribution in [2.24, 2.45) is 0 Å². The maximum atomic E-state index is 12.6. The van der Waals surface area contributed by atoms with Gasteiger partial charge in [-0.05, 0) is 36.4 Å². The quantitative estimate of drug-likeness (QED) is 0.635. The number of hydrogen-bond acceptors (Lipinski definition) is 7. The molecule has 0 atom stereocenters. The Labute approximate surface area is 161 Å². The Hall–Kier alpha value is -3.94. The average Bonchev–Trinajstić information content (AvgIpc) is 2.74. The fraction of sp³-hybridized carbons (Fsp3) is 0.100. The van der Waals surface area contributed by atoms with Gasteiger partial charge in [0.25, 0.3) is 5.91 Å². The topological polar surface area (TPSA) is 102 Å². The van der Waals surface area contributed by atoms with Crippen LogP contribution in [0.25, 0.3) is 0 Å². The zero-order chi connectivity index (χ0) is 19.9. The van der Waals surface area contributed by atoms with Crippen LogP contribution >= 0.6 is 0 Å². The Bertz CT molecular complexity index is 990. The van der Waals surface area contributed by atoms with E-state index in [0.29, 0.717) is 11.5 Å². The number of para-hydroxylation sites is 1. The molecule has 1 aromatic heterocycles. The summed E-state index contributed by atoms with van der Waals surface area (Å²) in [6.45, 7) is 0. The van der Waals surface area contributed by atoms with Crippen LogP contribution < -0.4 is 15.4 Å². The molecule has 0 saturated heterocycles. The number of esters is 1. The number of carbonyl (C=O) groups is 2. The third-order valence-corrected chi connectivity index (χ3v) is 3.84. The highest BCUT2D eigenvalue weighted by molar-refractivity contribution is 6.07. The van der Waals surface area contributed by atoms with Crippen molar-refractivity contribution >= 4 is 29.1 Å². The second-order valence-electron chi connectivity index (χ2n) is 5.63. The van der Waals surface area contributed by atoms with Gasteiger partial charge in [-0.1, -0.05) is 12.1 Å². The molecule has 1 amide bonds. The maximum absolute atomic E-state index is 12.6. The smallest absolute Gasteiger partial charge is 0.339 e. The van der Waals surface area contributed by atoms with Gasteiger partial charge in [-0.2, -0.15) is 0 Å². The first-order valence-corrected chi connectivity index (χ1v) is 8.32. The minimum atomic E-state index is -0.541. The summed E-state index contributed by atoms with van der Waals surface area (Å²) in [4.78, 5) is 32.5. The monoisotopic (exact) mass is 378 g/mol. The number of nitrogens with zero attached hydrogens (tertiary/aromatic N) is 2. The van der Waals surface area contributed by atoms with E-state index in [1.807, 2.05) is 12.1 Å². The lowest BCUT2D eigenvalue weighted by molar-refractivity contribution is 0.0602. The van der Waals surface area contributed by atoms with Gasteiger partial charge in [0.15, 0.2) is 0 Å². The van der Waals surface area contributed by atoms with E-state index >= 15 is 0 Å². The van der Waals surface area contributed by atoms with E-state index in [2.05, 4.69) is 20.6 Å². The highest BCUT2D eigenvalue weighted by Crippen LogP contribution is 2.20. The molecule has 28 heavy (non-hydrogen) atoms. The maximum Gasteiger partial charge on any atom is 0.339 e. The van der Waals surface area contributed by atoms with Crippen molar-refractivity contribution in [2.75, 3.05) is 24.9 Å². The lowest BCUT2D eigenvalue weighted by Crippen LogP contribution is -2.17. The van der Waals surface area contributed by atoms with Crippen molar-refractivity contribution in [3.05, 3.63) is 72.2 Å². The van der Waals surface area contributed by atoms with E-state index in [1.54, 1.807) is 43.5 Å². The van der Waals surface area contributed by atoms with E-state index < -0.39 is 11.9 Å². The molecular weight excluding hydrogens is 360 g/mol. The van der Waals surface area contributed by atoms with Gasteiger partial charge in [0.2, 0.25) is 0 Å². The summed E-state index contributed by atoms with van der Waals surface area (Å²) >= 11 is 0. The molecule has 0 unspecified atom stereocenters. The first-order valence-electron chi connectivity index (χ1n) is 8.32. The lowest BCUT2D eigenvalue weighted by Gasteiger charge is -2.10. The molecule has 2 N–H and O–H groups in total. The highest BCUT2D eigenvalue weighted by atomic mass is 16.5. The van der Waals surface area contributed by atoms with E-state index in [-0.39, 0.29) is 11.3 Å². The fourth-order valence-corrected chi connectivity index (χ4v) is 2.44. The summed E-state index contributed by atoms with van der Waals surface area (Å²) in [6, 6.07) is 15.4. The number of nitrogens with one attached hydrogen (secondary N) is 2. The summed E-state index contributed by atoms with van der Waals surface area (Å²) in [5.74, 6) is 0.168. The molecule has 0 saturated carbocycles. The number of methoxy groups -OCH3 is 2. The van der Waals surface area contributed by atoms with Crippen LogP contribution in [-0.4, -0.2) is 36.1 Å². The van der Waals surface area contributed by atoms with Gasteiger partial charge >= 0.3 is 5.97 Å². The summed E-state index contributed by atoms with van der Waals surface area (Å²) < 4.78 is 9.85. The molecule has 0 aliphatic carbocycles. The summed E-state index contributed by atoms with van der Waals surface area (Å²) in [5.41, 5.74) is 1.51. The SMILES string of the molecule is COC(=O)c1ccccc1NC(=O)c1cc(Nc2ccc(OC)cc2)ncn1. The number of anilines is 3. The summed E-state index contributed by atoms with van der Waals surface area (Å²) in [7, 11) is 2.87. The second kappa shape index (κ2) is 8.63. The van der Waals surface area contributed by atoms with Gasteiger partial charge in [-0.3, -0.25) is 4.79 Å². The third kappa shape index (κ3) is 4.42. The Morgan fingerprint density at radius 1 is 0.964 bits per heavy atom. The molecule has 0 aliphatic heterocycles. The number of carbonyl (C=O) groups excluding carboxylic acids is 2. The highest BCUT2D eigenvalue weighted by Gasteiger charge is 2.15. The first-order chi connectivity index (χ1) is 13.6. The molecule has 0 aliphatic rings. The van der Waals surface area contributed by atoms with E-state index in [0.717, 1.165) is 11.4 Å². The zero-order valence-electron chi connectivity index (χ0n) is 15.3. The van der Waals surface area contributed by atoms with Crippen LogP contribution in [0.3, 0.4) is 0 Å². The van der Waals surface area contributed by atoms with Crippen LogP contribution in [0.5, 0.6) is 5.75 Å². The molecule has 0 radical (unpaired) electrons. The van der Waals surface area contributed by atoms with Crippen molar-refractivity contribution in [3.8, 4) is 5.75 Å². The Morgan fingerprint density at radius 3 is 2.43 bits per heavy atom. The number of rotatable bonds is 6. The van der Waals surface area contributed by atoms with Crippen molar-refractivity contribution in [3.63, 3.8) is 0 Å². The summed E-state index contributed by atoms with van der Waals surface area (Å²) in [6.07, 6.45) is 1.28. The van der Waals surface area contributed by atoms with Crippen molar-refractivity contribution < 1.29 is 19.1 Å². The van der Waals surface area contributed by atoms with Gasteiger partial charge in [-0.25, -0.2) is 14.8 Å². The number of aromatic nitrogens is 2. The van der Waals surface area contributed by atoms with E-state index in [1.165, 1.54) is 19.5 Å². The number of ether oxygens (including phenoxy) is 2. The molecule has 0 bridgehead atoms. The van der Waals surface area contributed by atoms with Crippen LogP contribution in [0.2, 0.25) is 0 Å². The minimum Gasteiger partial charge on any atom is -0.497 e. The van der Waals surface area contributed by atoms with Crippen molar-refractivity contribution in [2.45, 2.75) is 0 Å². The summed E-state index contributed by atoms with van der Waals surface area (Å²) in [5, 5.41) is 5.77. The van der Waals surface area contributed by atoms with Crippen molar-refractivity contribution in [1.82, 2.24) is 9.97 Å². The average molecular weight is 378 g/mol. The molecule has 0 spiro atoms. The largest absolute Gasteiger partial charge is 0.497 e. The standard InChI is InChI=1S/C20H18N4O4/c1-27-14-9-7-13(8-10-14)23-18-11-17(21-12-22-18)19(25)24-16-6-4-3-5-15(16)20(26)28-2/h3-12H,1-2H3,(H,24,25)(H,21,22,23). The van der Waals surface area contributed by atoms with Crippen LogP contribution in [0.1, 0.15) is 20.8 Å². The van der Waals surface area contributed by atoms with Crippen LogP contribution in [0.15, 0.2) is 60.9 Å². The molecule has 1 heterocycles. The van der Waals surface area contributed by atoms with Crippen LogP contribution in [0, 0.1) is 0 Å². The minimum absolute atomic E-state index is 0.144. The molecule has 142 valence electrons. The van der Waals surface area contributed by atoms with E-state index in [4.69, 9.17) is 9.47 Å². The molecule has 2 aromatic carbocycles. The van der Waals surface area contributed by atoms with Gasteiger partial charge in [0.1, 0.15) is 23.6 Å². The molecule has 8 nitrogen and oxygen atoms in total. The Balaban J connectivity index is 1.76. The van der Waals surface area contributed by atoms with Crippen molar-refractivity contribution in [1.29, 1.82) is 0 Å². The number of amides is 1.